The molecule has 36 heavy (non-hydrogen) atoms. The van der Waals surface area contributed by atoms with Gasteiger partial charge in [-0.2, -0.15) is 0 Å². The molecule has 2 fully saturated rings. The first-order valence-corrected chi connectivity index (χ1v) is 13.1. The molecule has 1 aliphatic carbocycles. The van der Waals surface area contributed by atoms with Gasteiger partial charge in [0.15, 0.2) is 0 Å². The standard InChI is InChI=1S/C29H28N4O2S/c1-3-26(34)32-15-14-29(18-32)16-21(17-29)33-23-7-5-4-6-22(23)30-28(33)31-27(35)25-13-12-24(36-25)20-10-8-19(2)9-11-20/h3-13,21H,1,14-18H2,2H3,(H,30,31,35). The van der Waals surface area contributed by atoms with Crippen molar-refractivity contribution in [2.24, 2.45) is 5.41 Å². The molecule has 6 rings (SSSR count). The normalized spacial score (nSPS) is 21.0. The van der Waals surface area contributed by atoms with Crippen molar-refractivity contribution in [3.8, 4) is 10.4 Å². The van der Waals surface area contributed by atoms with Crippen molar-refractivity contribution >= 4 is 40.1 Å². The van der Waals surface area contributed by atoms with Gasteiger partial charge in [-0.05, 0) is 67.5 Å². The summed E-state index contributed by atoms with van der Waals surface area (Å²) in [5.74, 6) is 0.452. The Kier molecular flexibility index (Phi) is 5.52. The zero-order valence-corrected chi connectivity index (χ0v) is 21.1. The van der Waals surface area contributed by atoms with Crippen LogP contribution in [-0.2, 0) is 4.79 Å². The lowest BCUT2D eigenvalue weighted by molar-refractivity contribution is -0.125. The first-order valence-electron chi connectivity index (χ1n) is 12.3. The van der Waals surface area contributed by atoms with Crippen molar-refractivity contribution in [2.75, 3.05) is 18.4 Å². The van der Waals surface area contributed by atoms with Crippen LogP contribution in [0.25, 0.3) is 21.5 Å². The van der Waals surface area contributed by atoms with E-state index in [1.54, 1.807) is 0 Å². The molecule has 0 bridgehead atoms. The number of hydrogen-bond donors (Lipinski definition) is 1. The maximum absolute atomic E-state index is 13.3. The van der Waals surface area contributed by atoms with Gasteiger partial charge in [0.25, 0.3) is 5.91 Å². The number of amides is 2. The monoisotopic (exact) mass is 496 g/mol. The summed E-state index contributed by atoms with van der Waals surface area (Å²) in [5, 5.41) is 3.10. The molecule has 182 valence electrons. The van der Waals surface area contributed by atoms with Crippen LogP contribution in [0.1, 0.15) is 40.5 Å². The van der Waals surface area contributed by atoms with Crippen molar-refractivity contribution in [1.29, 1.82) is 0 Å². The van der Waals surface area contributed by atoms with Crippen LogP contribution in [-0.4, -0.2) is 39.4 Å². The van der Waals surface area contributed by atoms with E-state index in [9.17, 15) is 9.59 Å². The predicted octanol–water partition coefficient (Wildman–Crippen LogP) is 6.07. The van der Waals surface area contributed by atoms with Gasteiger partial charge in [0.2, 0.25) is 11.9 Å². The van der Waals surface area contributed by atoms with Crippen LogP contribution in [0.2, 0.25) is 0 Å². The highest BCUT2D eigenvalue weighted by atomic mass is 32.1. The van der Waals surface area contributed by atoms with E-state index in [0.717, 1.165) is 53.8 Å². The van der Waals surface area contributed by atoms with E-state index in [-0.39, 0.29) is 23.3 Å². The molecular weight excluding hydrogens is 468 g/mol. The predicted molar refractivity (Wildman–Crippen MR) is 144 cm³/mol. The zero-order valence-electron chi connectivity index (χ0n) is 20.2. The van der Waals surface area contributed by atoms with Gasteiger partial charge in [-0.15, -0.1) is 11.3 Å². The fourth-order valence-corrected chi connectivity index (χ4v) is 6.61. The van der Waals surface area contributed by atoms with E-state index in [2.05, 4.69) is 53.7 Å². The maximum Gasteiger partial charge on any atom is 0.268 e. The molecule has 1 spiro atoms. The Morgan fingerprint density at radius 2 is 1.89 bits per heavy atom. The number of para-hydroxylation sites is 2. The second kappa shape index (κ2) is 8.75. The van der Waals surface area contributed by atoms with Gasteiger partial charge in [0.05, 0.1) is 15.9 Å². The van der Waals surface area contributed by atoms with Gasteiger partial charge >= 0.3 is 0 Å². The summed E-state index contributed by atoms with van der Waals surface area (Å²) in [6, 6.07) is 20.5. The highest BCUT2D eigenvalue weighted by molar-refractivity contribution is 7.17. The summed E-state index contributed by atoms with van der Waals surface area (Å²) in [5.41, 5.74) is 4.36. The lowest BCUT2D eigenvalue weighted by Gasteiger charge is -2.46. The van der Waals surface area contributed by atoms with Gasteiger partial charge in [0, 0.05) is 24.0 Å². The summed E-state index contributed by atoms with van der Waals surface area (Å²) in [7, 11) is 0. The van der Waals surface area contributed by atoms with Crippen LogP contribution in [0.5, 0.6) is 0 Å². The molecule has 7 heteroatoms. The van der Waals surface area contributed by atoms with Crippen LogP contribution in [0.3, 0.4) is 0 Å². The lowest BCUT2D eigenvalue weighted by Crippen LogP contribution is -2.42. The number of carbonyl (C=O) groups is 2. The van der Waals surface area contributed by atoms with Gasteiger partial charge < -0.3 is 9.47 Å². The Labute approximate surface area is 214 Å². The summed E-state index contributed by atoms with van der Waals surface area (Å²) in [4.78, 5) is 33.8. The molecule has 0 unspecified atom stereocenters. The third kappa shape index (κ3) is 3.93. The molecule has 4 aromatic rings. The molecule has 2 aliphatic rings. The maximum atomic E-state index is 13.3. The second-order valence-corrected chi connectivity index (χ2v) is 11.1. The number of rotatable bonds is 5. The minimum Gasteiger partial charge on any atom is -0.339 e. The summed E-state index contributed by atoms with van der Waals surface area (Å²) < 4.78 is 2.19. The van der Waals surface area contributed by atoms with Crippen LogP contribution < -0.4 is 5.32 Å². The Morgan fingerprint density at radius 1 is 1.11 bits per heavy atom. The minimum absolute atomic E-state index is 0.0114. The molecular formula is C29H28N4O2S. The topological polar surface area (TPSA) is 67.2 Å². The minimum atomic E-state index is -0.146. The fourth-order valence-electron chi connectivity index (χ4n) is 5.71. The molecule has 0 radical (unpaired) electrons. The quantitative estimate of drug-likeness (QED) is 0.341. The van der Waals surface area contributed by atoms with Gasteiger partial charge in [-0.25, -0.2) is 4.98 Å². The van der Waals surface area contributed by atoms with Crippen molar-refractivity contribution < 1.29 is 9.59 Å². The third-order valence-corrected chi connectivity index (χ3v) is 8.75. The molecule has 1 saturated carbocycles. The smallest absolute Gasteiger partial charge is 0.268 e. The molecule has 2 aromatic heterocycles. The molecule has 2 amide bonds. The number of aryl methyl sites for hydroxylation is 1. The van der Waals surface area contributed by atoms with E-state index >= 15 is 0 Å². The molecule has 6 nitrogen and oxygen atoms in total. The Bertz CT molecular complexity index is 1480. The molecule has 0 atom stereocenters. The first-order chi connectivity index (χ1) is 17.4. The largest absolute Gasteiger partial charge is 0.339 e. The van der Waals surface area contributed by atoms with Crippen molar-refractivity contribution in [2.45, 2.75) is 32.2 Å². The number of fused-ring (bicyclic) bond motifs is 1. The van der Waals surface area contributed by atoms with Crippen molar-refractivity contribution in [1.82, 2.24) is 14.5 Å². The number of likely N-dealkylation sites (tertiary alicyclic amines) is 1. The number of aromatic nitrogens is 2. The number of anilines is 1. The Balaban J connectivity index is 1.24. The molecule has 1 saturated heterocycles. The van der Waals surface area contributed by atoms with Crippen molar-refractivity contribution in [3.05, 3.63) is 83.8 Å². The average molecular weight is 497 g/mol. The number of imidazole rings is 1. The lowest BCUT2D eigenvalue weighted by atomic mass is 9.65. The number of hydrogen-bond acceptors (Lipinski definition) is 4. The Morgan fingerprint density at radius 3 is 2.67 bits per heavy atom. The van der Waals surface area contributed by atoms with Crippen LogP contribution in [0.4, 0.5) is 5.95 Å². The average Bonchev–Trinajstić information content (AvgIpc) is 3.60. The highest BCUT2D eigenvalue weighted by Crippen LogP contribution is 2.55. The van der Waals surface area contributed by atoms with Crippen LogP contribution >= 0.6 is 11.3 Å². The van der Waals surface area contributed by atoms with Gasteiger partial charge in [0.1, 0.15) is 0 Å². The van der Waals surface area contributed by atoms with Crippen LogP contribution in [0, 0.1) is 12.3 Å². The molecule has 2 aromatic carbocycles. The molecule has 1 aliphatic heterocycles. The van der Waals surface area contributed by atoms with E-state index < -0.39 is 0 Å². The number of nitrogens with one attached hydrogen (secondary N) is 1. The SMILES string of the molecule is C=CC(=O)N1CCC2(CC(n3c(NC(=O)c4ccc(-c5ccc(C)cc5)s4)nc4ccccc43)C2)C1. The number of carbonyl (C=O) groups excluding carboxylic acids is 2. The van der Waals surface area contributed by atoms with E-state index in [1.807, 2.05) is 35.2 Å². The summed E-state index contributed by atoms with van der Waals surface area (Å²) in [6.45, 7) is 7.26. The first kappa shape index (κ1) is 22.7. The van der Waals surface area contributed by atoms with Crippen molar-refractivity contribution in [3.63, 3.8) is 0 Å². The number of nitrogens with zero attached hydrogens (tertiary/aromatic N) is 3. The van der Waals surface area contributed by atoms with E-state index in [0.29, 0.717) is 10.8 Å². The van der Waals surface area contributed by atoms with Gasteiger partial charge in [-0.1, -0.05) is 48.5 Å². The Hall–Kier alpha value is -3.71. The van der Waals surface area contributed by atoms with Crippen LogP contribution in [0.15, 0.2) is 73.3 Å². The van der Waals surface area contributed by atoms with E-state index in [4.69, 9.17) is 4.98 Å². The zero-order chi connectivity index (χ0) is 24.9. The highest BCUT2D eigenvalue weighted by Gasteiger charge is 2.50. The number of thiophene rings is 1. The molecule has 3 heterocycles. The molecule has 1 N–H and O–H groups in total. The summed E-state index contributed by atoms with van der Waals surface area (Å²) >= 11 is 1.49. The van der Waals surface area contributed by atoms with Gasteiger partial charge in [-0.3, -0.25) is 14.9 Å². The third-order valence-electron chi connectivity index (χ3n) is 7.61. The number of benzene rings is 2. The van der Waals surface area contributed by atoms with E-state index in [1.165, 1.54) is 23.0 Å². The fraction of sp³-hybridized carbons (Fsp3) is 0.276. The summed E-state index contributed by atoms with van der Waals surface area (Å²) in [6.07, 6.45) is 4.34. The second-order valence-electron chi connectivity index (χ2n) is 10.1.